The molecule has 2 N–H and O–H groups in total. The van der Waals surface area contributed by atoms with E-state index in [2.05, 4.69) is 41.8 Å². The van der Waals surface area contributed by atoms with Crippen LogP contribution in [-0.4, -0.2) is 49.4 Å². The summed E-state index contributed by atoms with van der Waals surface area (Å²) in [7, 11) is 1.83. The van der Waals surface area contributed by atoms with Crippen molar-refractivity contribution in [3.8, 4) is 0 Å². The summed E-state index contributed by atoms with van der Waals surface area (Å²) in [5.74, 6) is 0.629. The number of nitrogens with one attached hydrogen (secondary N) is 2. The van der Waals surface area contributed by atoms with Crippen LogP contribution in [0, 0.1) is 17.8 Å². The van der Waals surface area contributed by atoms with Crippen molar-refractivity contribution in [3.05, 3.63) is 35.9 Å². The van der Waals surface area contributed by atoms with E-state index in [1.54, 1.807) is 0 Å². The van der Waals surface area contributed by atoms with Crippen LogP contribution in [0.1, 0.15) is 45.6 Å². The molecule has 0 bridgehead atoms. The predicted octanol–water partition coefficient (Wildman–Crippen LogP) is 3.28. The molecule has 29 heavy (non-hydrogen) atoms. The molecule has 1 aromatic carbocycles. The van der Waals surface area contributed by atoms with E-state index in [1.807, 2.05) is 31.9 Å². The van der Waals surface area contributed by atoms with Crippen LogP contribution in [0.4, 0.5) is 0 Å². The van der Waals surface area contributed by atoms with Gasteiger partial charge < -0.3 is 15.5 Å². The first-order chi connectivity index (χ1) is 13.5. The lowest BCUT2D eigenvalue weighted by atomic mass is 9.89. The van der Waals surface area contributed by atoms with Gasteiger partial charge in [-0.1, -0.05) is 57.5 Å². The Labute approximate surface area is 182 Å². The van der Waals surface area contributed by atoms with Crippen molar-refractivity contribution in [1.82, 2.24) is 15.5 Å². The summed E-state index contributed by atoms with van der Waals surface area (Å²) in [6, 6.07) is 10.1. The minimum atomic E-state index is -0.428. The molecule has 3 unspecified atom stereocenters. The van der Waals surface area contributed by atoms with E-state index in [0.717, 1.165) is 38.8 Å². The maximum absolute atomic E-state index is 13.2. The molecular formula is C23H38ClN3O2. The van der Waals surface area contributed by atoms with Gasteiger partial charge in [0.1, 0.15) is 6.04 Å². The van der Waals surface area contributed by atoms with Gasteiger partial charge in [-0.05, 0) is 43.7 Å². The Hall–Kier alpha value is -1.59. The highest BCUT2D eigenvalue weighted by Crippen LogP contribution is 2.23. The average Bonchev–Trinajstić information content (AvgIpc) is 2.72. The lowest BCUT2D eigenvalue weighted by molar-refractivity contribution is -0.139. The maximum atomic E-state index is 13.2. The fraction of sp³-hybridized carbons (Fsp3) is 0.652. The van der Waals surface area contributed by atoms with Crippen LogP contribution < -0.4 is 10.6 Å². The predicted molar refractivity (Wildman–Crippen MR) is 121 cm³/mol. The molecule has 1 saturated heterocycles. The fourth-order valence-corrected chi connectivity index (χ4v) is 3.88. The van der Waals surface area contributed by atoms with Gasteiger partial charge in [-0.25, -0.2) is 0 Å². The zero-order valence-electron chi connectivity index (χ0n) is 18.3. The fourth-order valence-electron chi connectivity index (χ4n) is 3.88. The second-order valence-electron chi connectivity index (χ2n) is 8.29. The third-order valence-corrected chi connectivity index (χ3v) is 6.03. The Bertz CT molecular complexity index is 618. The molecule has 0 aromatic heterocycles. The zero-order chi connectivity index (χ0) is 20.5. The number of halogens is 1. The number of rotatable bonds is 9. The second-order valence-corrected chi connectivity index (χ2v) is 8.29. The van der Waals surface area contributed by atoms with Crippen molar-refractivity contribution in [2.45, 2.75) is 52.5 Å². The molecule has 0 spiro atoms. The second kappa shape index (κ2) is 12.9. The number of hydrogen-bond acceptors (Lipinski definition) is 3. The van der Waals surface area contributed by atoms with Gasteiger partial charge in [-0.2, -0.15) is 0 Å². The van der Waals surface area contributed by atoms with E-state index in [1.165, 1.54) is 5.56 Å². The standard InChI is InChI=1S/C23H37N3O2.ClH/c1-5-17(2)21(25-22(27)18(3)16-24-4)23(28)26-13-11-20(12-14-26)15-19-9-7-6-8-10-19;/h6-10,17-18,20-21,24H,5,11-16H2,1-4H3,(H,25,27);1H. The number of carbonyl (C=O) groups excluding carboxylic acids is 2. The first kappa shape index (κ1) is 25.4. The van der Waals surface area contributed by atoms with Gasteiger partial charge in [0.15, 0.2) is 0 Å². The number of carbonyl (C=O) groups is 2. The van der Waals surface area contributed by atoms with Crippen molar-refractivity contribution in [2.75, 3.05) is 26.7 Å². The van der Waals surface area contributed by atoms with Gasteiger partial charge in [-0.15, -0.1) is 12.4 Å². The van der Waals surface area contributed by atoms with Crippen molar-refractivity contribution in [2.24, 2.45) is 17.8 Å². The van der Waals surface area contributed by atoms with E-state index in [-0.39, 0.29) is 36.1 Å². The number of likely N-dealkylation sites (tertiary alicyclic amines) is 1. The lowest BCUT2D eigenvalue weighted by Crippen LogP contribution is -2.54. The Morgan fingerprint density at radius 1 is 1.14 bits per heavy atom. The van der Waals surface area contributed by atoms with Crippen LogP contribution in [0.2, 0.25) is 0 Å². The minimum absolute atomic E-state index is 0. The molecule has 0 aliphatic carbocycles. The number of nitrogens with zero attached hydrogens (tertiary/aromatic N) is 1. The van der Waals surface area contributed by atoms with Crippen LogP contribution in [0.25, 0.3) is 0 Å². The molecule has 1 aliphatic heterocycles. The minimum Gasteiger partial charge on any atom is -0.344 e. The van der Waals surface area contributed by atoms with Gasteiger partial charge in [0.05, 0.1) is 0 Å². The summed E-state index contributed by atoms with van der Waals surface area (Å²) in [6.07, 6.45) is 3.99. The van der Waals surface area contributed by atoms with Gasteiger partial charge in [0.25, 0.3) is 0 Å². The van der Waals surface area contributed by atoms with Crippen LogP contribution >= 0.6 is 12.4 Å². The lowest BCUT2D eigenvalue weighted by Gasteiger charge is -2.36. The molecule has 0 radical (unpaired) electrons. The first-order valence-corrected chi connectivity index (χ1v) is 10.7. The van der Waals surface area contributed by atoms with Gasteiger partial charge >= 0.3 is 0 Å². The summed E-state index contributed by atoms with van der Waals surface area (Å²) in [5.41, 5.74) is 1.37. The maximum Gasteiger partial charge on any atom is 0.245 e. The highest BCUT2D eigenvalue weighted by atomic mass is 35.5. The number of amides is 2. The monoisotopic (exact) mass is 423 g/mol. The van der Waals surface area contributed by atoms with Crippen LogP contribution in [-0.2, 0) is 16.0 Å². The molecule has 2 amide bonds. The number of piperidine rings is 1. The Morgan fingerprint density at radius 2 is 1.76 bits per heavy atom. The zero-order valence-corrected chi connectivity index (χ0v) is 19.1. The third kappa shape index (κ3) is 7.63. The third-order valence-electron chi connectivity index (χ3n) is 6.03. The Kier molecular flexibility index (Phi) is 11.3. The topological polar surface area (TPSA) is 61.4 Å². The first-order valence-electron chi connectivity index (χ1n) is 10.7. The summed E-state index contributed by atoms with van der Waals surface area (Å²) in [6.45, 7) is 8.18. The van der Waals surface area contributed by atoms with E-state index in [4.69, 9.17) is 0 Å². The summed E-state index contributed by atoms with van der Waals surface area (Å²) in [5, 5.41) is 6.06. The van der Waals surface area contributed by atoms with Crippen LogP contribution in [0.15, 0.2) is 30.3 Å². The van der Waals surface area contributed by atoms with Crippen LogP contribution in [0.5, 0.6) is 0 Å². The molecule has 1 aliphatic rings. The largest absolute Gasteiger partial charge is 0.344 e. The van der Waals surface area contributed by atoms with Gasteiger partial charge in [0, 0.05) is 25.6 Å². The van der Waals surface area contributed by atoms with E-state index in [0.29, 0.717) is 12.5 Å². The molecule has 2 rings (SSSR count). The summed E-state index contributed by atoms with van der Waals surface area (Å²) < 4.78 is 0. The molecule has 3 atom stereocenters. The molecule has 164 valence electrons. The average molecular weight is 424 g/mol. The molecular weight excluding hydrogens is 386 g/mol. The normalized spacial score (nSPS) is 17.7. The molecule has 0 saturated carbocycles. The molecule has 1 heterocycles. The van der Waals surface area contributed by atoms with Crippen molar-refractivity contribution in [1.29, 1.82) is 0 Å². The van der Waals surface area contributed by atoms with E-state index in [9.17, 15) is 9.59 Å². The highest BCUT2D eigenvalue weighted by Gasteiger charge is 2.32. The van der Waals surface area contributed by atoms with Gasteiger partial charge in [0.2, 0.25) is 11.8 Å². The molecule has 5 nitrogen and oxygen atoms in total. The van der Waals surface area contributed by atoms with Crippen molar-refractivity contribution < 1.29 is 9.59 Å². The summed E-state index contributed by atoms with van der Waals surface area (Å²) >= 11 is 0. The van der Waals surface area contributed by atoms with E-state index < -0.39 is 6.04 Å². The Balaban J connectivity index is 0.00000420. The summed E-state index contributed by atoms with van der Waals surface area (Å²) in [4.78, 5) is 27.6. The van der Waals surface area contributed by atoms with Gasteiger partial charge in [-0.3, -0.25) is 9.59 Å². The molecule has 1 aromatic rings. The number of benzene rings is 1. The van der Waals surface area contributed by atoms with Crippen molar-refractivity contribution >= 4 is 24.2 Å². The smallest absolute Gasteiger partial charge is 0.245 e. The molecule has 6 heteroatoms. The number of hydrogen-bond donors (Lipinski definition) is 2. The highest BCUT2D eigenvalue weighted by molar-refractivity contribution is 5.88. The molecule has 1 fully saturated rings. The Morgan fingerprint density at radius 3 is 2.31 bits per heavy atom. The van der Waals surface area contributed by atoms with Crippen molar-refractivity contribution in [3.63, 3.8) is 0 Å². The quantitative estimate of drug-likeness (QED) is 0.640. The SMILES string of the molecule is CCC(C)C(NC(=O)C(C)CNC)C(=O)N1CCC(Cc2ccccc2)CC1.Cl. The van der Waals surface area contributed by atoms with Crippen LogP contribution in [0.3, 0.4) is 0 Å². The van der Waals surface area contributed by atoms with E-state index >= 15 is 0 Å².